The van der Waals surface area contributed by atoms with Gasteiger partial charge < -0.3 is 14.8 Å². The van der Waals surface area contributed by atoms with Crippen LogP contribution in [0.1, 0.15) is 15.9 Å². The van der Waals surface area contributed by atoms with E-state index in [9.17, 15) is 14.0 Å². The Hall–Kier alpha value is -2.89. The van der Waals surface area contributed by atoms with E-state index >= 15 is 0 Å². The van der Waals surface area contributed by atoms with E-state index in [1.165, 1.54) is 19.2 Å². The monoisotopic (exact) mass is 317 g/mol. The summed E-state index contributed by atoms with van der Waals surface area (Å²) in [6.45, 7) is -0.148. The van der Waals surface area contributed by atoms with E-state index in [0.717, 1.165) is 5.56 Å². The molecule has 0 fully saturated rings. The van der Waals surface area contributed by atoms with E-state index < -0.39 is 11.9 Å². The minimum Gasteiger partial charge on any atom is -0.497 e. The average Bonchev–Trinajstić information content (AvgIpc) is 2.59. The Balaban J connectivity index is 1.76. The number of ether oxygens (including phenoxy) is 2. The molecule has 0 radical (unpaired) electrons. The summed E-state index contributed by atoms with van der Waals surface area (Å²) < 4.78 is 22.7. The lowest BCUT2D eigenvalue weighted by Gasteiger charge is -2.07. The van der Waals surface area contributed by atoms with Crippen LogP contribution in [0.4, 0.5) is 4.39 Å². The van der Waals surface area contributed by atoms with Crippen molar-refractivity contribution in [1.82, 2.24) is 5.32 Å². The van der Waals surface area contributed by atoms with Gasteiger partial charge in [0.25, 0.3) is 5.91 Å². The molecule has 6 heteroatoms. The fourth-order valence-corrected chi connectivity index (χ4v) is 1.80. The Morgan fingerprint density at radius 3 is 2.30 bits per heavy atom. The van der Waals surface area contributed by atoms with Gasteiger partial charge in [0.1, 0.15) is 11.6 Å². The summed E-state index contributed by atoms with van der Waals surface area (Å²) in [6, 6.07) is 12.1. The van der Waals surface area contributed by atoms with Gasteiger partial charge in [-0.05, 0) is 42.0 Å². The molecule has 23 heavy (non-hydrogen) atoms. The first-order chi connectivity index (χ1) is 11.1. The molecular formula is C17H16FNO4. The van der Waals surface area contributed by atoms with Crippen molar-refractivity contribution in [3.05, 3.63) is 65.5 Å². The van der Waals surface area contributed by atoms with Crippen LogP contribution < -0.4 is 10.1 Å². The summed E-state index contributed by atoms with van der Waals surface area (Å²) in [5.41, 5.74) is 1.08. The number of amides is 1. The first-order valence-corrected chi connectivity index (χ1v) is 6.91. The van der Waals surface area contributed by atoms with E-state index in [2.05, 4.69) is 5.32 Å². The quantitative estimate of drug-likeness (QED) is 0.830. The molecule has 0 aliphatic heterocycles. The zero-order valence-corrected chi connectivity index (χ0v) is 12.5. The second-order valence-corrected chi connectivity index (χ2v) is 4.71. The molecule has 120 valence electrons. The lowest BCUT2D eigenvalue weighted by atomic mass is 10.2. The zero-order chi connectivity index (χ0) is 16.7. The summed E-state index contributed by atoms with van der Waals surface area (Å²) >= 11 is 0. The van der Waals surface area contributed by atoms with Crippen molar-refractivity contribution >= 4 is 11.9 Å². The minimum absolute atomic E-state index is 0.235. The lowest BCUT2D eigenvalue weighted by Crippen LogP contribution is -2.28. The van der Waals surface area contributed by atoms with Gasteiger partial charge >= 0.3 is 5.97 Å². The van der Waals surface area contributed by atoms with Crippen LogP contribution in [-0.2, 0) is 16.1 Å². The normalized spacial score (nSPS) is 10.0. The Labute approximate surface area is 133 Å². The highest BCUT2D eigenvalue weighted by molar-refractivity contribution is 5.91. The van der Waals surface area contributed by atoms with Gasteiger partial charge in [0.15, 0.2) is 6.61 Å². The Bertz CT molecular complexity index is 668. The maximum absolute atomic E-state index is 12.8. The van der Waals surface area contributed by atoms with E-state index in [-0.39, 0.29) is 19.0 Å². The third-order valence-corrected chi connectivity index (χ3v) is 3.06. The predicted octanol–water partition coefficient (Wildman–Crippen LogP) is 2.31. The maximum Gasteiger partial charge on any atom is 0.338 e. The Morgan fingerprint density at radius 1 is 1.04 bits per heavy atom. The molecule has 1 N–H and O–H groups in total. The van der Waals surface area contributed by atoms with E-state index in [4.69, 9.17) is 9.47 Å². The second-order valence-electron chi connectivity index (χ2n) is 4.71. The largest absolute Gasteiger partial charge is 0.497 e. The van der Waals surface area contributed by atoms with Crippen molar-refractivity contribution in [3.63, 3.8) is 0 Å². The summed E-state index contributed by atoms with van der Waals surface area (Å²) in [5.74, 6) is -0.743. The number of methoxy groups -OCH3 is 1. The average molecular weight is 317 g/mol. The second kappa shape index (κ2) is 7.93. The topological polar surface area (TPSA) is 64.6 Å². The number of benzene rings is 2. The fraction of sp³-hybridized carbons (Fsp3) is 0.176. The third kappa shape index (κ3) is 5.10. The number of esters is 1. The van der Waals surface area contributed by atoms with Crippen LogP contribution in [0.3, 0.4) is 0 Å². The smallest absolute Gasteiger partial charge is 0.338 e. The summed E-state index contributed by atoms with van der Waals surface area (Å²) in [6.07, 6.45) is 0. The number of rotatable bonds is 6. The van der Waals surface area contributed by atoms with Crippen molar-refractivity contribution < 1.29 is 23.5 Å². The lowest BCUT2D eigenvalue weighted by molar-refractivity contribution is -0.124. The molecule has 0 spiro atoms. The highest BCUT2D eigenvalue weighted by Crippen LogP contribution is 2.12. The number of carbonyl (C=O) groups is 2. The van der Waals surface area contributed by atoms with Gasteiger partial charge in [-0.2, -0.15) is 0 Å². The standard InChI is InChI=1S/C17H16FNO4/c1-22-15-8-4-13(5-9-15)17(21)23-11-16(20)19-10-12-2-6-14(18)7-3-12/h2-9H,10-11H2,1H3,(H,19,20). The molecule has 2 aromatic rings. The molecule has 0 saturated heterocycles. The molecule has 0 aliphatic carbocycles. The zero-order valence-electron chi connectivity index (χ0n) is 12.5. The number of hydrogen-bond acceptors (Lipinski definition) is 4. The highest BCUT2D eigenvalue weighted by Gasteiger charge is 2.10. The van der Waals surface area contributed by atoms with Crippen LogP contribution >= 0.6 is 0 Å². The van der Waals surface area contributed by atoms with Gasteiger partial charge in [0.05, 0.1) is 12.7 Å². The predicted molar refractivity (Wildman–Crippen MR) is 81.5 cm³/mol. The van der Waals surface area contributed by atoms with Gasteiger partial charge in [-0.15, -0.1) is 0 Å². The maximum atomic E-state index is 12.8. The molecule has 0 aliphatic rings. The molecular weight excluding hydrogens is 301 g/mol. The highest BCUT2D eigenvalue weighted by atomic mass is 19.1. The van der Waals surface area contributed by atoms with Crippen LogP contribution in [0, 0.1) is 5.82 Å². The minimum atomic E-state index is -0.593. The van der Waals surface area contributed by atoms with Crippen molar-refractivity contribution in [2.75, 3.05) is 13.7 Å². The van der Waals surface area contributed by atoms with E-state index in [1.54, 1.807) is 36.4 Å². The molecule has 0 atom stereocenters. The molecule has 2 aromatic carbocycles. The van der Waals surface area contributed by atoms with Crippen LogP contribution in [0.5, 0.6) is 5.75 Å². The van der Waals surface area contributed by atoms with Crippen LogP contribution in [0.15, 0.2) is 48.5 Å². The molecule has 5 nitrogen and oxygen atoms in total. The number of halogens is 1. The van der Waals surface area contributed by atoms with E-state index in [1.807, 2.05) is 0 Å². The van der Waals surface area contributed by atoms with Gasteiger partial charge in [0, 0.05) is 6.54 Å². The first-order valence-electron chi connectivity index (χ1n) is 6.91. The van der Waals surface area contributed by atoms with Crippen LogP contribution in [0.25, 0.3) is 0 Å². The number of carbonyl (C=O) groups excluding carboxylic acids is 2. The van der Waals surface area contributed by atoms with Gasteiger partial charge in [-0.1, -0.05) is 12.1 Å². The van der Waals surface area contributed by atoms with E-state index in [0.29, 0.717) is 11.3 Å². The van der Waals surface area contributed by atoms with Crippen LogP contribution in [0.2, 0.25) is 0 Å². The summed E-state index contributed by atoms with van der Waals surface area (Å²) in [4.78, 5) is 23.4. The summed E-state index contributed by atoms with van der Waals surface area (Å²) in [7, 11) is 1.53. The van der Waals surface area contributed by atoms with Gasteiger partial charge in [0.2, 0.25) is 0 Å². The molecule has 0 heterocycles. The molecule has 2 rings (SSSR count). The summed E-state index contributed by atoms with van der Waals surface area (Å²) in [5, 5.41) is 2.58. The van der Waals surface area contributed by atoms with Crippen molar-refractivity contribution in [3.8, 4) is 5.75 Å². The third-order valence-electron chi connectivity index (χ3n) is 3.06. The number of nitrogens with one attached hydrogen (secondary N) is 1. The van der Waals surface area contributed by atoms with Gasteiger partial charge in [-0.25, -0.2) is 9.18 Å². The molecule has 0 aromatic heterocycles. The van der Waals surface area contributed by atoms with Crippen molar-refractivity contribution in [2.45, 2.75) is 6.54 Å². The number of hydrogen-bond donors (Lipinski definition) is 1. The molecule has 0 saturated carbocycles. The van der Waals surface area contributed by atoms with Gasteiger partial charge in [-0.3, -0.25) is 4.79 Å². The molecule has 1 amide bonds. The fourth-order valence-electron chi connectivity index (χ4n) is 1.80. The molecule has 0 unspecified atom stereocenters. The SMILES string of the molecule is COc1ccc(C(=O)OCC(=O)NCc2ccc(F)cc2)cc1. The van der Waals surface area contributed by atoms with Crippen molar-refractivity contribution in [2.24, 2.45) is 0 Å². The van der Waals surface area contributed by atoms with Crippen molar-refractivity contribution in [1.29, 1.82) is 0 Å². The Morgan fingerprint density at radius 2 is 1.70 bits per heavy atom. The Kier molecular flexibility index (Phi) is 5.68. The first kappa shape index (κ1) is 16.5. The van der Waals surface area contributed by atoms with Crippen LogP contribution in [-0.4, -0.2) is 25.6 Å². The molecule has 0 bridgehead atoms.